The quantitative estimate of drug-likeness (QED) is 0.396. The third-order valence-electron chi connectivity index (χ3n) is 6.16. The Morgan fingerprint density at radius 2 is 1.97 bits per heavy atom. The van der Waals surface area contributed by atoms with Gasteiger partial charge in [0.05, 0.1) is 46.7 Å². The number of nitrogens with zero attached hydrogens (tertiary/aromatic N) is 2. The minimum atomic E-state index is -0.795. The molecular weight excluding hydrogens is 544 g/mol. The van der Waals surface area contributed by atoms with Crippen LogP contribution >= 0.6 is 22.9 Å². The number of hydrogen-bond acceptors (Lipinski definition) is 9. The van der Waals surface area contributed by atoms with Gasteiger partial charge in [-0.25, -0.2) is 9.79 Å². The molecule has 5 rings (SSSR count). The molecule has 2 aliphatic heterocycles. The minimum Gasteiger partial charge on any atom is -0.493 e. The third kappa shape index (κ3) is 5.02. The summed E-state index contributed by atoms with van der Waals surface area (Å²) in [4.78, 5) is 32.1. The Morgan fingerprint density at radius 1 is 1.23 bits per heavy atom. The summed E-state index contributed by atoms with van der Waals surface area (Å²) in [6.07, 6.45) is 1.62. The van der Waals surface area contributed by atoms with E-state index in [9.17, 15) is 9.59 Å². The molecule has 0 spiro atoms. The van der Waals surface area contributed by atoms with E-state index < -0.39 is 12.0 Å². The summed E-state index contributed by atoms with van der Waals surface area (Å²) in [5, 5.41) is 0.413. The van der Waals surface area contributed by atoms with Crippen molar-refractivity contribution in [2.45, 2.75) is 39.8 Å². The molecule has 0 N–H and O–H groups in total. The lowest BCUT2D eigenvalue weighted by Gasteiger charge is -2.25. The second-order valence-electron chi connectivity index (χ2n) is 9.11. The second kappa shape index (κ2) is 10.8. The smallest absolute Gasteiger partial charge is 0.338 e. The highest BCUT2D eigenvalue weighted by Crippen LogP contribution is 2.38. The predicted molar refractivity (Wildman–Crippen MR) is 147 cm³/mol. The Balaban J connectivity index is 1.70. The summed E-state index contributed by atoms with van der Waals surface area (Å²) in [6, 6.07) is 7.95. The summed E-state index contributed by atoms with van der Waals surface area (Å²) in [5.41, 5.74) is 1.66. The van der Waals surface area contributed by atoms with Crippen LogP contribution in [0.4, 0.5) is 0 Å². The van der Waals surface area contributed by atoms with Gasteiger partial charge in [-0.3, -0.25) is 9.36 Å². The molecule has 2 aliphatic rings. The third-order valence-corrected chi connectivity index (χ3v) is 7.47. The molecule has 9 nitrogen and oxygen atoms in total. The van der Waals surface area contributed by atoms with Gasteiger partial charge in [0.15, 0.2) is 27.8 Å². The van der Waals surface area contributed by atoms with Crippen LogP contribution in [0.1, 0.15) is 44.9 Å². The Kier molecular flexibility index (Phi) is 7.42. The number of halogens is 1. The van der Waals surface area contributed by atoms with Gasteiger partial charge in [-0.15, -0.1) is 0 Å². The summed E-state index contributed by atoms with van der Waals surface area (Å²) in [7, 11) is 1.54. The number of carbonyl (C=O) groups excluding carboxylic acids is 1. The first-order valence-corrected chi connectivity index (χ1v) is 13.5. The molecule has 0 radical (unpaired) electrons. The number of allylic oxidation sites excluding steroid dienone is 1. The fourth-order valence-corrected chi connectivity index (χ4v) is 5.74. The van der Waals surface area contributed by atoms with Crippen molar-refractivity contribution in [3.05, 3.63) is 77.4 Å². The van der Waals surface area contributed by atoms with Crippen molar-refractivity contribution in [1.29, 1.82) is 0 Å². The van der Waals surface area contributed by atoms with Gasteiger partial charge in [-0.05, 0) is 63.1 Å². The van der Waals surface area contributed by atoms with Gasteiger partial charge < -0.3 is 23.7 Å². The van der Waals surface area contributed by atoms with Crippen molar-refractivity contribution < 1.29 is 28.5 Å². The summed E-state index contributed by atoms with van der Waals surface area (Å²) >= 11 is 7.68. The Bertz CT molecular complexity index is 1670. The SMILES string of the molecule is CCOC(=O)C1=C(C)N=c2s/c(=C/c3cc4c(cc3Cl)OCO4)c(=O)n2[C@H]1c1ccc(OC(C)C)c(OC)c1. The van der Waals surface area contributed by atoms with Gasteiger partial charge in [-0.2, -0.15) is 0 Å². The van der Waals surface area contributed by atoms with Crippen molar-refractivity contribution in [2.24, 2.45) is 4.99 Å². The zero-order valence-corrected chi connectivity index (χ0v) is 23.6. The number of thiazole rings is 1. The molecule has 1 atom stereocenters. The summed E-state index contributed by atoms with van der Waals surface area (Å²) in [5.74, 6) is 1.59. The van der Waals surface area contributed by atoms with E-state index in [1.807, 2.05) is 19.9 Å². The molecule has 0 saturated heterocycles. The van der Waals surface area contributed by atoms with Gasteiger partial charge >= 0.3 is 5.97 Å². The maximum absolute atomic E-state index is 13.9. The molecule has 39 heavy (non-hydrogen) atoms. The molecule has 0 fully saturated rings. The Labute approximate surface area is 233 Å². The number of hydrogen-bond donors (Lipinski definition) is 0. The fraction of sp³-hybridized carbons (Fsp3) is 0.321. The number of carbonyl (C=O) groups is 1. The van der Waals surface area contributed by atoms with E-state index in [1.54, 1.807) is 51.3 Å². The van der Waals surface area contributed by atoms with Crippen LogP contribution in [0.5, 0.6) is 23.0 Å². The standard InChI is InChI=1S/C28H27ClN2O7S/c1-6-35-27(33)24-15(4)30-28-31(25(24)16-7-8-19(38-14(2)3)20(9-16)34-5)26(32)23(39-28)11-17-10-21-22(12-18(17)29)37-13-36-21/h7-12,14,25H,6,13H2,1-5H3/b23-11+/t25-/m0/s1. The van der Waals surface area contributed by atoms with Crippen molar-refractivity contribution in [1.82, 2.24) is 4.57 Å². The predicted octanol–water partition coefficient (Wildman–Crippen LogP) is 3.98. The number of fused-ring (bicyclic) bond motifs is 2. The van der Waals surface area contributed by atoms with E-state index in [0.717, 1.165) is 0 Å². The average molecular weight is 571 g/mol. The van der Waals surface area contributed by atoms with Crippen LogP contribution in [0.3, 0.4) is 0 Å². The van der Waals surface area contributed by atoms with Crippen LogP contribution in [0, 0.1) is 0 Å². The van der Waals surface area contributed by atoms with Crippen LogP contribution in [0.25, 0.3) is 6.08 Å². The van der Waals surface area contributed by atoms with Crippen LogP contribution in [0.2, 0.25) is 5.02 Å². The summed E-state index contributed by atoms with van der Waals surface area (Å²) in [6.45, 7) is 7.59. The monoisotopic (exact) mass is 570 g/mol. The van der Waals surface area contributed by atoms with E-state index in [2.05, 4.69) is 4.99 Å². The van der Waals surface area contributed by atoms with E-state index in [0.29, 0.717) is 54.2 Å². The second-order valence-corrected chi connectivity index (χ2v) is 10.5. The highest BCUT2D eigenvalue weighted by Gasteiger charge is 2.34. The van der Waals surface area contributed by atoms with Gasteiger partial charge in [0.2, 0.25) is 6.79 Å². The molecular formula is C28H27ClN2O7S. The average Bonchev–Trinajstić information content (AvgIpc) is 3.46. The molecule has 0 unspecified atom stereocenters. The molecule has 0 saturated carbocycles. The van der Waals surface area contributed by atoms with E-state index in [-0.39, 0.29) is 30.6 Å². The van der Waals surface area contributed by atoms with Crippen LogP contribution in [-0.2, 0) is 9.53 Å². The van der Waals surface area contributed by atoms with Gasteiger partial charge in [0.25, 0.3) is 5.56 Å². The molecule has 0 amide bonds. The highest BCUT2D eigenvalue weighted by atomic mass is 35.5. The number of methoxy groups -OCH3 is 1. The van der Waals surface area contributed by atoms with Crippen molar-refractivity contribution >= 4 is 35.0 Å². The number of aromatic nitrogens is 1. The van der Waals surface area contributed by atoms with Crippen molar-refractivity contribution in [2.75, 3.05) is 20.5 Å². The van der Waals surface area contributed by atoms with E-state index >= 15 is 0 Å². The maximum Gasteiger partial charge on any atom is 0.338 e. The Morgan fingerprint density at radius 3 is 2.67 bits per heavy atom. The first-order valence-electron chi connectivity index (χ1n) is 12.3. The molecule has 0 aliphatic carbocycles. The van der Waals surface area contributed by atoms with Crippen LogP contribution in [0.15, 0.2) is 51.4 Å². The van der Waals surface area contributed by atoms with Crippen molar-refractivity contribution in [3.8, 4) is 23.0 Å². The molecule has 204 valence electrons. The topological polar surface area (TPSA) is 97.6 Å². The maximum atomic E-state index is 13.9. The Hall–Kier alpha value is -3.76. The summed E-state index contributed by atoms with van der Waals surface area (Å²) < 4.78 is 29.6. The fourth-order valence-electron chi connectivity index (χ4n) is 4.50. The number of rotatable bonds is 7. The van der Waals surface area contributed by atoms with Gasteiger partial charge in [0.1, 0.15) is 0 Å². The van der Waals surface area contributed by atoms with Crippen LogP contribution < -0.4 is 33.8 Å². The van der Waals surface area contributed by atoms with Gasteiger partial charge in [-0.1, -0.05) is 29.0 Å². The number of esters is 1. The minimum absolute atomic E-state index is 0.0670. The van der Waals surface area contributed by atoms with Crippen molar-refractivity contribution in [3.63, 3.8) is 0 Å². The van der Waals surface area contributed by atoms with E-state index in [4.69, 9.17) is 35.3 Å². The van der Waals surface area contributed by atoms with Crippen LogP contribution in [-0.4, -0.2) is 37.1 Å². The first kappa shape index (κ1) is 26.8. The van der Waals surface area contributed by atoms with E-state index in [1.165, 1.54) is 15.9 Å². The number of benzene rings is 2. The highest BCUT2D eigenvalue weighted by molar-refractivity contribution is 7.07. The zero-order chi connectivity index (χ0) is 27.8. The lowest BCUT2D eigenvalue weighted by Crippen LogP contribution is -2.40. The van der Waals surface area contributed by atoms with Gasteiger partial charge in [0, 0.05) is 6.07 Å². The lowest BCUT2D eigenvalue weighted by molar-refractivity contribution is -0.139. The molecule has 1 aromatic heterocycles. The molecule has 0 bridgehead atoms. The zero-order valence-electron chi connectivity index (χ0n) is 22.1. The largest absolute Gasteiger partial charge is 0.493 e. The molecule has 2 aromatic carbocycles. The molecule has 3 heterocycles. The lowest BCUT2D eigenvalue weighted by atomic mass is 9.95. The molecule has 11 heteroatoms. The number of ether oxygens (including phenoxy) is 5. The molecule has 3 aromatic rings. The normalized spacial score (nSPS) is 16.3. The first-order chi connectivity index (χ1) is 18.7.